The molecule has 0 bridgehead atoms. The number of carbonyl (C=O) groups is 2. The molecule has 1 saturated carbocycles. The fraction of sp³-hybridized carbons (Fsp3) is 0.636. The normalized spacial score (nSPS) is 23.6. The Balaban J connectivity index is 1.75. The molecule has 2 unspecified atom stereocenters. The standard InChI is InChI=1S/C22H32N2O2S/c1-15(2)13-20-24(22(26)17-7-5-4-6-8-17)19(14-27-20)21(25)23-18-11-9-16(3)10-12-18/h9-12,15,17,19-20H,4-8,13-14H2,1-3H3,(H,23,25). The number of nitrogens with zero attached hydrogens (tertiary/aromatic N) is 1. The maximum absolute atomic E-state index is 13.3. The van der Waals surface area contributed by atoms with Crippen molar-refractivity contribution in [2.45, 2.75) is 70.7 Å². The lowest BCUT2D eigenvalue weighted by molar-refractivity contribution is -0.142. The molecule has 1 aromatic carbocycles. The highest BCUT2D eigenvalue weighted by molar-refractivity contribution is 8.00. The molecule has 2 fully saturated rings. The van der Waals surface area contributed by atoms with Gasteiger partial charge in [-0.15, -0.1) is 11.8 Å². The number of nitrogens with one attached hydrogen (secondary N) is 1. The van der Waals surface area contributed by atoms with Gasteiger partial charge >= 0.3 is 0 Å². The summed E-state index contributed by atoms with van der Waals surface area (Å²) < 4.78 is 0. The molecule has 5 heteroatoms. The monoisotopic (exact) mass is 388 g/mol. The number of carbonyl (C=O) groups excluding carboxylic acids is 2. The van der Waals surface area contributed by atoms with Gasteiger partial charge in [0.25, 0.3) is 0 Å². The molecule has 2 amide bonds. The molecule has 148 valence electrons. The first-order chi connectivity index (χ1) is 13.0. The summed E-state index contributed by atoms with van der Waals surface area (Å²) in [6.07, 6.45) is 6.38. The van der Waals surface area contributed by atoms with Crippen LogP contribution in [-0.4, -0.2) is 33.9 Å². The number of rotatable bonds is 5. The van der Waals surface area contributed by atoms with Gasteiger partial charge in [0, 0.05) is 17.4 Å². The molecule has 1 heterocycles. The molecule has 1 aliphatic heterocycles. The second-order valence-corrected chi connectivity index (χ2v) is 9.58. The van der Waals surface area contributed by atoms with Crippen molar-refractivity contribution < 1.29 is 9.59 Å². The Labute approximate surface area is 167 Å². The molecular formula is C22H32N2O2S. The predicted molar refractivity (Wildman–Crippen MR) is 113 cm³/mol. The van der Waals surface area contributed by atoms with E-state index >= 15 is 0 Å². The Kier molecular flexibility index (Phi) is 6.85. The zero-order valence-corrected chi connectivity index (χ0v) is 17.6. The van der Waals surface area contributed by atoms with Gasteiger partial charge in [-0.1, -0.05) is 50.8 Å². The molecule has 0 aromatic heterocycles. The number of aryl methyl sites for hydroxylation is 1. The number of anilines is 1. The van der Waals surface area contributed by atoms with Gasteiger partial charge in [-0.05, 0) is 44.2 Å². The summed E-state index contributed by atoms with van der Waals surface area (Å²) in [6, 6.07) is 7.47. The number of thioether (sulfide) groups is 1. The van der Waals surface area contributed by atoms with Crippen LogP contribution < -0.4 is 5.32 Å². The number of hydrogen-bond acceptors (Lipinski definition) is 3. The van der Waals surface area contributed by atoms with Crippen LogP contribution in [0.3, 0.4) is 0 Å². The van der Waals surface area contributed by atoms with Crippen LogP contribution in [0, 0.1) is 18.8 Å². The lowest BCUT2D eigenvalue weighted by Gasteiger charge is -2.34. The lowest BCUT2D eigenvalue weighted by Crippen LogP contribution is -2.50. The summed E-state index contributed by atoms with van der Waals surface area (Å²) in [7, 11) is 0. The first-order valence-electron chi connectivity index (χ1n) is 10.3. The second kappa shape index (κ2) is 9.13. The molecule has 1 aliphatic carbocycles. The Bertz CT molecular complexity index is 653. The molecule has 0 spiro atoms. The minimum atomic E-state index is -0.366. The van der Waals surface area contributed by atoms with Gasteiger partial charge in [0.2, 0.25) is 11.8 Å². The SMILES string of the molecule is Cc1ccc(NC(=O)C2CSC(CC(C)C)N2C(=O)C2CCCCC2)cc1. The molecule has 1 aromatic rings. The minimum absolute atomic E-state index is 0.0539. The molecule has 2 atom stereocenters. The van der Waals surface area contributed by atoms with E-state index in [2.05, 4.69) is 19.2 Å². The third-order valence-corrected chi connectivity index (χ3v) is 6.91. The van der Waals surface area contributed by atoms with E-state index in [0.717, 1.165) is 43.4 Å². The maximum atomic E-state index is 13.3. The zero-order chi connectivity index (χ0) is 19.4. The Morgan fingerprint density at radius 1 is 1.15 bits per heavy atom. The van der Waals surface area contributed by atoms with Crippen molar-refractivity contribution in [2.24, 2.45) is 11.8 Å². The summed E-state index contributed by atoms with van der Waals surface area (Å²) in [4.78, 5) is 28.3. The van der Waals surface area contributed by atoms with Gasteiger partial charge in [0.15, 0.2) is 0 Å². The van der Waals surface area contributed by atoms with E-state index in [1.807, 2.05) is 36.1 Å². The van der Waals surface area contributed by atoms with Crippen LogP contribution in [0.2, 0.25) is 0 Å². The van der Waals surface area contributed by atoms with E-state index in [0.29, 0.717) is 11.7 Å². The summed E-state index contributed by atoms with van der Waals surface area (Å²) >= 11 is 1.76. The van der Waals surface area contributed by atoms with Crippen LogP contribution in [0.4, 0.5) is 5.69 Å². The first-order valence-corrected chi connectivity index (χ1v) is 11.3. The number of benzene rings is 1. The van der Waals surface area contributed by atoms with Gasteiger partial charge < -0.3 is 10.2 Å². The summed E-state index contributed by atoms with van der Waals surface area (Å²) in [6.45, 7) is 6.40. The predicted octanol–water partition coefficient (Wildman–Crippen LogP) is 4.83. The van der Waals surface area contributed by atoms with Crippen LogP contribution in [0.15, 0.2) is 24.3 Å². The quantitative estimate of drug-likeness (QED) is 0.786. The highest BCUT2D eigenvalue weighted by atomic mass is 32.2. The topological polar surface area (TPSA) is 49.4 Å². The van der Waals surface area contributed by atoms with Crippen LogP contribution >= 0.6 is 11.8 Å². The van der Waals surface area contributed by atoms with Gasteiger partial charge in [-0.3, -0.25) is 9.59 Å². The highest BCUT2D eigenvalue weighted by Crippen LogP contribution is 2.37. The molecule has 27 heavy (non-hydrogen) atoms. The average molecular weight is 389 g/mol. The number of hydrogen-bond donors (Lipinski definition) is 1. The van der Waals surface area contributed by atoms with E-state index in [1.54, 1.807) is 11.8 Å². The minimum Gasteiger partial charge on any atom is -0.324 e. The van der Waals surface area contributed by atoms with Gasteiger partial charge in [0.05, 0.1) is 5.37 Å². The first kappa shape index (κ1) is 20.2. The van der Waals surface area contributed by atoms with Crippen molar-refractivity contribution in [2.75, 3.05) is 11.1 Å². The van der Waals surface area contributed by atoms with Crippen LogP contribution in [0.25, 0.3) is 0 Å². The van der Waals surface area contributed by atoms with Crippen molar-refractivity contribution in [1.29, 1.82) is 0 Å². The van der Waals surface area contributed by atoms with Gasteiger partial charge in [0.1, 0.15) is 6.04 Å². The highest BCUT2D eigenvalue weighted by Gasteiger charge is 2.43. The third-order valence-electron chi connectivity index (χ3n) is 5.60. The molecule has 2 aliphatic rings. The van der Waals surface area contributed by atoms with E-state index in [4.69, 9.17) is 0 Å². The van der Waals surface area contributed by atoms with Gasteiger partial charge in [-0.25, -0.2) is 0 Å². The Morgan fingerprint density at radius 3 is 2.44 bits per heavy atom. The smallest absolute Gasteiger partial charge is 0.248 e. The van der Waals surface area contributed by atoms with E-state index in [9.17, 15) is 9.59 Å². The molecule has 3 rings (SSSR count). The summed E-state index contributed by atoms with van der Waals surface area (Å²) in [5.74, 6) is 1.44. The van der Waals surface area contributed by atoms with Crippen molar-refractivity contribution in [1.82, 2.24) is 4.90 Å². The molecule has 1 saturated heterocycles. The Hall–Kier alpha value is -1.49. The summed E-state index contributed by atoms with van der Waals surface area (Å²) in [5.41, 5.74) is 1.96. The van der Waals surface area contributed by atoms with Crippen LogP contribution in [-0.2, 0) is 9.59 Å². The fourth-order valence-corrected chi connectivity index (χ4v) is 5.72. The van der Waals surface area contributed by atoms with Gasteiger partial charge in [-0.2, -0.15) is 0 Å². The zero-order valence-electron chi connectivity index (χ0n) is 16.7. The lowest BCUT2D eigenvalue weighted by atomic mass is 9.87. The van der Waals surface area contributed by atoms with Crippen molar-refractivity contribution in [3.8, 4) is 0 Å². The maximum Gasteiger partial charge on any atom is 0.248 e. The van der Waals surface area contributed by atoms with E-state index in [1.165, 1.54) is 6.42 Å². The summed E-state index contributed by atoms with van der Waals surface area (Å²) in [5, 5.41) is 3.15. The van der Waals surface area contributed by atoms with Crippen molar-refractivity contribution in [3.63, 3.8) is 0 Å². The fourth-order valence-electron chi connectivity index (χ4n) is 4.07. The second-order valence-electron chi connectivity index (χ2n) is 8.37. The number of amides is 2. The third kappa shape index (κ3) is 5.07. The average Bonchev–Trinajstić information content (AvgIpc) is 3.06. The Morgan fingerprint density at radius 2 is 1.81 bits per heavy atom. The molecular weight excluding hydrogens is 356 g/mol. The molecule has 4 nitrogen and oxygen atoms in total. The molecule has 1 N–H and O–H groups in total. The van der Waals surface area contributed by atoms with E-state index < -0.39 is 0 Å². The molecule has 0 radical (unpaired) electrons. The van der Waals surface area contributed by atoms with Crippen LogP contribution in [0.1, 0.15) is 57.9 Å². The van der Waals surface area contributed by atoms with E-state index in [-0.39, 0.29) is 29.1 Å². The van der Waals surface area contributed by atoms with Crippen molar-refractivity contribution in [3.05, 3.63) is 29.8 Å². The van der Waals surface area contributed by atoms with Crippen molar-refractivity contribution >= 4 is 29.3 Å². The largest absolute Gasteiger partial charge is 0.324 e. The van der Waals surface area contributed by atoms with Crippen LogP contribution in [0.5, 0.6) is 0 Å².